The van der Waals surface area contributed by atoms with Gasteiger partial charge in [0.2, 0.25) is 10.0 Å². The van der Waals surface area contributed by atoms with Gasteiger partial charge >= 0.3 is 18.2 Å². The predicted molar refractivity (Wildman–Crippen MR) is 150 cm³/mol. The summed E-state index contributed by atoms with van der Waals surface area (Å²) in [6.07, 6.45) is -4.01. The second-order valence-corrected chi connectivity index (χ2v) is 12.1. The summed E-state index contributed by atoms with van der Waals surface area (Å²) < 4.78 is 72.9. The number of hydrogen-bond acceptors (Lipinski definition) is 6. The largest absolute Gasteiger partial charge is 0.463 e. The molecule has 1 fully saturated rings. The second-order valence-electron chi connectivity index (χ2n) is 10.2. The molecule has 0 bridgehead atoms. The van der Waals surface area contributed by atoms with Gasteiger partial charge in [-0.3, -0.25) is 9.80 Å². The Bertz CT molecular complexity index is 1430. The predicted octanol–water partition coefficient (Wildman–Crippen LogP) is 4.31. The van der Waals surface area contributed by atoms with Crippen LogP contribution >= 0.6 is 0 Å². The minimum absolute atomic E-state index is 0.0605. The Morgan fingerprint density at radius 1 is 1.00 bits per heavy atom. The number of ether oxygens (including phenoxy) is 1. The molecule has 4 rings (SSSR count). The molecule has 2 aliphatic rings. The van der Waals surface area contributed by atoms with Crippen molar-refractivity contribution < 1.29 is 35.9 Å². The number of nitrogens with one attached hydrogen (secondary N) is 1. The highest BCUT2D eigenvalue weighted by atomic mass is 32.2. The van der Waals surface area contributed by atoms with Gasteiger partial charge in [-0.05, 0) is 63.6 Å². The molecule has 1 atom stereocenters. The number of carbonyl (C=O) groups is 2. The highest BCUT2D eigenvalue weighted by Crippen LogP contribution is 2.35. The topological polar surface area (TPSA) is 99.3 Å². The number of carbonyl (C=O) groups excluding carboxylic acids is 2. The van der Waals surface area contributed by atoms with Crippen molar-refractivity contribution in [3.05, 3.63) is 76.5 Å². The van der Waals surface area contributed by atoms with E-state index < -0.39 is 39.8 Å². The Labute approximate surface area is 244 Å². The Hall–Kier alpha value is -3.42. The third-order valence-corrected chi connectivity index (χ3v) is 9.31. The maximum atomic E-state index is 13.3. The number of hydrogen-bond donors (Lipinski definition) is 1. The van der Waals surface area contributed by atoms with Crippen molar-refractivity contribution >= 4 is 22.0 Å². The number of nitrogens with zero attached hydrogens (tertiary/aromatic N) is 3. The van der Waals surface area contributed by atoms with Gasteiger partial charge in [-0.2, -0.15) is 17.5 Å². The summed E-state index contributed by atoms with van der Waals surface area (Å²) in [5.74, 6) is -0.686. The molecule has 0 radical (unpaired) electrons. The van der Waals surface area contributed by atoms with Gasteiger partial charge in [0.15, 0.2) is 0 Å². The van der Waals surface area contributed by atoms with Crippen LogP contribution in [0, 0.1) is 6.92 Å². The molecule has 0 spiro atoms. The molecule has 9 nitrogen and oxygen atoms in total. The van der Waals surface area contributed by atoms with E-state index in [0.29, 0.717) is 37.3 Å². The first kappa shape index (κ1) is 31.5. The van der Waals surface area contributed by atoms with E-state index in [9.17, 15) is 31.2 Å². The molecule has 1 saturated heterocycles. The zero-order valence-corrected chi connectivity index (χ0v) is 24.6. The maximum absolute atomic E-state index is 13.3. The van der Waals surface area contributed by atoms with Crippen LogP contribution in [0.3, 0.4) is 0 Å². The number of sulfonamides is 1. The molecule has 42 heavy (non-hydrogen) atoms. The van der Waals surface area contributed by atoms with E-state index >= 15 is 0 Å². The van der Waals surface area contributed by atoms with E-state index in [4.69, 9.17) is 4.74 Å². The lowest BCUT2D eigenvalue weighted by Crippen LogP contribution is -2.51. The molecular weight excluding hydrogens is 573 g/mol. The smallest absolute Gasteiger partial charge is 0.416 e. The van der Waals surface area contributed by atoms with Gasteiger partial charge in [0.25, 0.3) is 0 Å². The van der Waals surface area contributed by atoms with Gasteiger partial charge < -0.3 is 10.1 Å². The fourth-order valence-corrected chi connectivity index (χ4v) is 6.66. The Kier molecular flexibility index (Phi) is 9.63. The van der Waals surface area contributed by atoms with Crippen LogP contribution in [-0.4, -0.2) is 80.4 Å². The molecule has 2 aromatic carbocycles. The van der Waals surface area contributed by atoms with E-state index in [0.717, 1.165) is 17.7 Å². The SMILES string of the molecule is CCOC(=O)C1=C(CN2CCCN(S(=O)(=O)c3ccc(C)cc3)CC2)N(CC)C(=O)NC1c1ccc(C(F)(F)F)cc1. The Balaban J connectivity index is 1.65. The summed E-state index contributed by atoms with van der Waals surface area (Å²) in [5, 5.41) is 2.75. The Morgan fingerprint density at radius 2 is 1.67 bits per heavy atom. The Morgan fingerprint density at radius 3 is 2.26 bits per heavy atom. The normalized spacial score (nSPS) is 19.4. The molecule has 1 N–H and O–H groups in total. The van der Waals surface area contributed by atoms with Crippen molar-refractivity contribution in [2.24, 2.45) is 0 Å². The number of amides is 2. The molecule has 0 aliphatic carbocycles. The van der Waals surface area contributed by atoms with Gasteiger partial charge in [0.1, 0.15) is 0 Å². The van der Waals surface area contributed by atoms with Gasteiger partial charge in [-0.15, -0.1) is 0 Å². The molecule has 2 amide bonds. The van der Waals surface area contributed by atoms with Crippen LogP contribution in [0.25, 0.3) is 0 Å². The third kappa shape index (κ3) is 6.79. The molecule has 0 aromatic heterocycles. The quantitative estimate of drug-likeness (QED) is 0.449. The summed E-state index contributed by atoms with van der Waals surface area (Å²) in [6, 6.07) is 9.46. The summed E-state index contributed by atoms with van der Waals surface area (Å²) in [4.78, 5) is 30.1. The van der Waals surface area contributed by atoms with Crippen LogP contribution in [0.4, 0.5) is 18.0 Å². The first-order valence-electron chi connectivity index (χ1n) is 13.8. The summed E-state index contributed by atoms with van der Waals surface area (Å²) in [5.41, 5.74) is 0.915. The first-order valence-corrected chi connectivity index (χ1v) is 15.2. The van der Waals surface area contributed by atoms with Gasteiger partial charge in [0, 0.05) is 38.4 Å². The second kappa shape index (κ2) is 12.8. The van der Waals surface area contributed by atoms with Crippen molar-refractivity contribution in [1.29, 1.82) is 0 Å². The number of esters is 1. The molecule has 2 heterocycles. The molecule has 2 aliphatic heterocycles. The number of aryl methyl sites for hydroxylation is 1. The van der Waals surface area contributed by atoms with E-state index in [-0.39, 0.29) is 36.7 Å². The zero-order valence-electron chi connectivity index (χ0n) is 23.8. The molecule has 2 aromatic rings. The number of likely N-dealkylation sites (N-methyl/N-ethyl adjacent to an activating group) is 1. The average Bonchev–Trinajstić information content (AvgIpc) is 3.19. The zero-order chi connectivity index (χ0) is 30.7. The number of halogens is 3. The lowest BCUT2D eigenvalue weighted by Gasteiger charge is -2.38. The van der Waals surface area contributed by atoms with E-state index in [1.165, 1.54) is 21.3 Å². The monoisotopic (exact) mass is 608 g/mol. The molecule has 13 heteroatoms. The highest BCUT2D eigenvalue weighted by Gasteiger charge is 2.39. The van der Waals surface area contributed by atoms with Gasteiger partial charge in [0.05, 0.1) is 28.7 Å². The number of rotatable bonds is 8. The minimum atomic E-state index is -4.54. The van der Waals surface area contributed by atoms with E-state index in [1.807, 2.05) is 11.8 Å². The fourth-order valence-electron chi connectivity index (χ4n) is 5.19. The van der Waals surface area contributed by atoms with Crippen molar-refractivity contribution in [2.45, 2.75) is 44.3 Å². The lowest BCUT2D eigenvalue weighted by atomic mass is 9.93. The van der Waals surface area contributed by atoms with Crippen LogP contribution in [0.15, 0.2) is 64.7 Å². The van der Waals surface area contributed by atoms with Crippen LogP contribution in [0.2, 0.25) is 0 Å². The molecule has 228 valence electrons. The standard InChI is InChI=1S/C29H35F3N4O5S/c1-4-36-24(19-34-15-6-16-35(18-17-34)42(39,40)23-13-7-20(3)8-14-23)25(27(37)41-5-2)26(33-28(36)38)21-9-11-22(12-10-21)29(30,31)32/h7-14,26H,4-6,15-19H2,1-3H3,(H,33,38). The van der Waals surface area contributed by atoms with Gasteiger partial charge in [-0.1, -0.05) is 29.8 Å². The average molecular weight is 609 g/mol. The summed E-state index contributed by atoms with van der Waals surface area (Å²) >= 11 is 0. The number of alkyl halides is 3. The van der Waals surface area contributed by atoms with Crippen molar-refractivity contribution in [1.82, 2.24) is 19.4 Å². The van der Waals surface area contributed by atoms with Crippen molar-refractivity contribution in [2.75, 3.05) is 45.9 Å². The summed E-state index contributed by atoms with van der Waals surface area (Å²) in [7, 11) is -3.71. The van der Waals surface area contributed by atoms with Crippen LogP contribution in [0.5, 0.6) is 0 Å². The van der Waals surface area contributed by atoms with E-state index in [2.05, 4.69) is 5.32 Å². The molecule has 0 saturated carbocycles. The first-order chi connectivity index (χ1) is 19.9. The molecule has 1 unspecified atom stereocenters. The van der Waals surface area contributed by atoms with Crippen LogP contribution in [-0.2, 0) is 25.7 Å². The maximum Gasteiger partial charge on any atom is 0.416 e. The molecular formula is C29H35F3N4O5S. The summed E-state index contributed by atoms with van der Waals surface area (Å²) in [6.45, 7) is 7.06. The van der Waals surface area contributed by atoms with Crippen LogP contribution in [0.1, 0.15) is 43.0 Å². The minimum Gasteiger partial charge on any atom is -0.463 e. The van der Waals surface area contributed by atoms with Crippen LogP contribution < -0.4 is 5.32 Å². The highest BCUT2D eigenvalue weighted by molar-refractivity contribution is 7.89. The van der Waals surface area contributed by atoms with E-state index in [1.54, 1.807) is 38.1 Å². The number of urea groups is 1. The fraction of sp³-hybridized carbons (Fsp3) is 0.448. The van der Waals surface area contributed by atoms with Gasteiger partial charge in [-0.25, -0.2) is 18.0 Å². The lowest BCUT2D eigenvalue weighted by molar-refractivity contribution is -0.139. The third-order valence-electron chi connectivity index (χ3n) is 7.40. The van der Waals surface area contributed by atoms with Crippen molar-refractivity contribution in [3.63, 3.8) is 0 Å². The van der Waals surface area contributed by atoms with Crippen molar-refractivity contribution in [3.8, 4) is 0 Å². The number of benzene rings is 2.